The number of aliphatic hydroxyl groups is 2. The Morgan fingerprint density at radius 3 is 2.18 bits per heavy atom. The van der Waals surface area contributed by atoms with E-state index in [2.05, 4.69) is 29.6 Å². The van der Waals surface area contributed by atoms with E-state index in [0.717, 1.165) is 32.9 Å². The van der Waals surface area contributed by atoms with E-state index in [-0.39, 0.29) is 25.6 Å². The number of rotatable bonds is 9. The summed E-state index contributed by atoms with van der Waals surface area (Å²) in [5, 5.41) is 26.8. The van der Waals surface area contributed by atoms with Crippen molar-refractivity contribution in [3.05, 3.63) is 54.1 Å². The van der Waals surface area contributed by atoms with Gasteiger partial charge in [-0.1, -0.05) is 30.3 Å². The van der Waals surface area contributed by atoms with Crippen molar-refractivity contribution in [2.45, 2.75) is 19.0 Å². The molecule has 6 heteroatoms. The maximum Gasteiger partial charge on any atom is 0.127 e. The molecule has 0 unspecified atom stereocenters. The molecule has 3 aromatic carbocycles. The Hall–Kier alpha value is -1.89. The van der Waals surface area contributed by atoms with Gasteiger partial charge in [0.05, 0.1) is 25.4 Å². The van der Waals surface area contributed by atoms with Gasteiger partial charge in [0.25, 0.3) is 0 Å². The summed E-state index contributed by atoms with van der Waals surface area (Å²) in [5.41, 5.74) is 0.361. The van der Waals surface area contributed by atoms with E-state index in [1.807, 2.05) is 24.3 Å². The quantitative estimate of drug-likeness (QED) is 0.376. The van der Waals surface area contributed by atoms with Crippen molar-refractivity contribution in [1.29, 1.82) is 0 Å². The van der Waals surface area contributed by atoms with Crippen LogP contribution in [0.3, 0.4) is 0 Å². The largest absolute Gasteiger partial charge is 0.491 e. The first-order valence-corrected chi connectivity index (χ1v) is 9.13. The van der Waals surface area contributed by atoms with Crippen molar-refractivity contribution < 1.29 is 19.7 Å². The van der Waals surface area contributed by atoms with Crippen LogP contribution in [0.15, 0.2) is 48.5 Å². The fourth-order valence-corrected chi connectivity index (χ4v) is 3.05. The van der Waals surface area contributed by atoms with Gasteiger partial charge in [0.15, 0.2) is 0 Å². The minimum Gasteiger partial charge on any atom is -0.491 e. The monoisotopic (exact) mass is 405 g/mol. The molecule has 5 nitrogen and oxygen atoms in total. The molecule has 3 N–H and O–H groups in total. The third kappa shape index (κ3) is 4.93. The van der Waals surface area contributed by atoms with Crippen LogP contribution in [0.4, 0.5) is 0 Å². The van der Waals surface area contributed by atoms with Crippen LogP contribution in [0.25, 0.3) is 21.5 Å². The van der Waals surface area contributed by atoms with Gasteiger partial charge in [-0.25, -0.2) is 0 Å². The molecule has 28 heavy (non-hydrogen) atoms. The van der Waals surface area contributed by atoms with Gasteiger partial charge in [0.2, 0.25) is 0 Å². The second-order valence-corrected chi connectivity index (χ2v) is 7.04. The van der Waals surface area contributed by atoms with E-state index in [9.17, 15) is 10.2 Å². The molecule has 0 saturated carbocycles. The number of benzene rings is 3. The van der Waals surface area contributed by atoms with Crippen LogP contribution in [0.2, 0.25) is 0 Å². The van der Waals surface area contributed by atoms with Gasteiger partial charge in [0, 0.05) is 19.0 Å². The van der Waals surface area contributed by atoms with E-state index < -0.39 is 5.54 Å². The van der Waals surface area contributed by atoms with Crippen LogP contribution < -0.4 is 10.1 Å². The standard InChI is InChI=1S/C22H27NO4.ClH/c1-22(14-24,15-25)23-13-18-7-8-21(27-10-9-26-2)20-12-17-6-4-3-5-16(17)11-19(18)20;/h3-8,11-12,23-25H,9-10,13-15H2,1-2H3;1H. The first kappa shape index (κ1) is 22.4. The number of nitrogens with one attached hydrogen (secondary N) is 1. The van der Waals surface area contributed by atoms with Crippen LogP contribution in [-0.4, -0.2) is 49.3 Å². The molecule has 0 saturated heterocycles. The van der Waals surface area contributed by atoms with Crippen LogP contribution >= 0.6 is 12.4 Å². The van der Waals surface area contributed by atoms with Crippen molar-refractivity contribution in [1.82, 2.24) is 5.32 Å². The molecule has 0 fully saturated rings. The van der Waals surface area contributed by atoms with Crippen LogP contribution in [-0.2, 0) is 11.3 Å². The second kappa shape index (κ2) is 10.0. The van der Waals surface area contributed by atoms with E-state index in [4.69, 9.17) is 9.47 Å². The van der Waals surface area contributed by atoms with E-state index in [1.165, 1.54) is 0 Å². The zero-order chi connectivity index (χ0) is 19.3. The minimum atomic E-state index is -0.725. The second-order valence-electron chi connectivity index (χ2n) is 7.04. The summed E-state index contributed by atoms with van der Waals surface area (Å²) < 4.78 is 11.0. The van der Waals surface area contributed by atoms with E-state index in [1.54, 1.807) is 14.0 Å². The van der Waals surface area contributed by atoms with Crippen molar-refractivity contribution in [2.75, 3.05) is 33.5 Å². The lowest BCUT2D eigenvalue weighted by Crippen LogP contribution is -2.48. The van der Waals surface area contributed by atoms with Crippen LogP contribution in [0, 0.1) is 0 Å². The number of fused-ring (bicyclic) bond motifs is 2. The molecule has 3 rings (SSSR count). The summed E-state index contributed by atoms with van der Waals surface area (Å²) in [6.45, 7) is 3.08. The Kier molecular flexibility index (Phi) is 8.04. The molecular formula is C22H28ClNO4. The minimum absolute atomic E-state index is 0. The summed E-state index contributed by atoms with van der Waals surface area (Å²) in [7, 11) is 1.66. The Balaban J connectivity index is 0.00000280. The van der Waals surface area contributed by atoms with Gasteiger partial charge in [-0.2, -0.15) is 0 Å². The smallest absolute Gasteiger partial charge is 0.127 e. The molecule has 0 bridgehead atoms. The molecule has 0 aliphatic carbocycles. The molecule has 0 spiro atoms. The molecular weight excluding hydrogens is 378 g/mol. The normalized spacial score (nSPS) is 11.6. The van der Waals surface area contributed by atoms with Gasteiger partial charge in [0.1, 0.15) is 12.4 Å². The third-order valence-electron chi connectivity index (χ3n) is 4.88. The highest BCUT2D eigenvalue weighted by Gasteiger charge is 2.21. The first-order valence-electron chi connectivity index (χ1n) is 9.13. The SMILES string of the molecule is COCCOc1ccc(CNC(C)(CO)CO)c2cc3ccccc3cc12.Cl. The van der Waals surface area contributed by atoms with Crippen molar-refractivity contribution >= 4 is 34.0 Å². The number of hydrogen-bond acceptors (Lipinski definition) is 5. The number of methoxy groups -OCH3 is 1. The fraction of sp³-hybridized carbons (Fsp3) is 0.364. The van der Waals surface area contributed by atoms with Crippen LogP contribution in [0.5, 0.6) is 5.75 Å². The highest BCUT2D eigenvalue weighted by molar-refractivity contribution is 6.02. The zero-order valence-corrected chi connectivity index (χ0v) is 17.1. The van der Waals surface area contributed by atoms with Crippen molar-refractivity contribution in [3.63, 3.8) is 0 Å². The van der Waals surface area contributed by atoms with E-state index >= 15 is 0 Å². The van der Waals surface area contributed by atoms with Crippen molar-refractivity contribution in [2.24, 2.45) is 0 Å². The van der Waals surface area contributed by atoms with Gasteiger partial charge in [-0.15, -0.1) is 12.4 Å². The summed E-state index contributed by atoms with van der Waals surface area (Å²) in [6, 6.07) is 16.6. The maximum atomic E-state index is 9.53. The Morgan fingerprint density at radius 1 is 0.929 bits per heavy atom. The molecule has 0 radical (unpaired) electrons. The van der Waals surface area contributed by atoms with Gasteiger partial charge >= 0.3 is 0 Å². The van der Waals surface area contributed by atoms with E-state index in [0.29, 0.717) is 19.8 Å². The predicted octanol–water partition coefficient (Wildman–Crippen LogP) is 3.27. The lowest BCUT2D eigenvalue weighted by molar-refractivity contribution is 0.103. The summed E-state index contributed by atoms with van der Waals surface area (Å²) >= 11 is 0. The third-order valence-corrected chi connectivity index (χ3v) is 4.88. The Labute approximate surface area is 171 Å². The molecule has 3 aromatic rings. The zero-order valence-electron chi connectivity index (χ0n) is 16.3. The number of ether oxygens (including phenoxy) is 2. The number of hydrogen-bond donors (Lipinski definition) is 3. The molecule has 0 atom stereocenters. The molecule has 152 valence electrons. The maximum absolute atomic E-state index is 9.53. The highest BCUT2D eigenvalue weighted by Crippen LogP contribution is 2.33. The summed E-state index contributed by atoms with van der Waals surface area (Å²) in [4.78, 5) is 0. The first-order chi connectivity index (χ1) is 13.1. The van der Waals surface area contributed by atoms with Crippen molar-refractivity contribution in [3.8, 4) is 5.75 Å². The Morgan fingerprint density at radius 2 is 1.57 bits per heavy atom. The predicted molar refractivity (Wildman–Crippen MR) is 115 cm³/mol. The average Bonchev–Trinajstić information content (AvgIpc) is 2.71. The molecule has 0 aliphatic rings. The topological polar surface area (TPSA) is 71.0 Å². The summed E-state index contributed by atoms with van der Waals surface area (Å²) in [5.74, 6) is 0.823. The molecule has 0 amide bonds. The fourth-order valence-electron chi connectivity index (χ4n) is 3.05. The molecule has 0 aromatic heterocycles. The number of aliphatic hydroxyl groups excluding tert-OH is 2. The van der Waals surface area contributed by atoms with Gasteiger partial charge in [-0.3, -0.25) is 0 Å². The lowest BCUT2D eigenvalue weighted by atomic mass is 9.98. The lowest BCUT2D eigenvalue weighted by Gasteiger charge is -2.27. The Bertz CT molecular complexity index is 912. The summed E-state index contributed by atoms with van der Waals surface area (Å²) in [6.07, 6.45) is 0. The van der Waals surface area contributed by atoms with Gasteiger partial charge in [-0.05, 0) is 46.8 Å². The molecule has 0 heterocycles. The average molecular weight is 406 g/mol. The van der Waals surface area contributed by atoms with Crippen LogP contribution in [0.1, 0.15) is 12.5 Å². The number of halogens is 1. The molecule has 0 aliphatic heterocycles. The van der Waals surface area contributed by atoms with Gasteiger partial charge < -0.3 is 25.0 Å². The highest BCUT2D eigenvalue weighted by atomic mass is 35.5.